The van der Waals surface area contributed by atoms with Crippen LogP contribution in [-0.2, 0) is 0 Å². The fourth-order valence-electron chi connectivity index (χ4n) is 1.50. The topological polar surface area (TPSA) is 38.3 Å². The number of nitrogens with one attached hydrogen (secondary N) is 1. The number of methoxy groups -OCH3 is 1. The minimum absolute atomic E-state index is 0.0384. The fraction of sp³-hybridized carbons (Fsp3) is 0.0714. The molecule has 0 saturated heterocycles. The normalized spacial score (nSPS) is 10.6. The first-order valence-electron chi connectivity index (χ1n) is 5.55. The predicted octanol–water partition coefficient (Wildman–Crippen LogP) is 4.22. The Kier molecular flexibility index (Phi) is 4.60. The molecular formula is C14H12ClNO2S. The number of halogens is 1. The number of thiophene rings is 1. The van der Waals surface area contributed by atoms with E-state index in [0.29, 0.717) is 21.3 Å². The van der Waals surface area contributed by atoms with Crippen LogP contribution in [0.2, 0.25) is 5.02 Å². The largest absolute Gasteiger partial charge is 0.495 e. The van der Waals surface area contributed by atoms with Crippen LogP contribution in [0, 0.1) is 0 Å². The summed E-state index contributed by atoms with van der Waals surface area (Å²) in [7, 11) is 1.58. The lowest BCUT2D eigenvalue weighted by Crippen LogP contribution is -1.95. The summed E-state index contributed by atoms with van der Waals surface area (Å²) in [6.45, 7) is 0. The number of hydrogen-bond acceptors (Lipinski definition) is 4. The van der Waals surface area contributed by atoms with Crippen LogP contribution >= 0.6 is 22.9 Å². The molecule has 1 aromatic heterocycles. The van der Waals surface area contributed by atoms with Gasteiger partial charge in [0.15, 0.2) is 5.78 Å². The van der Waals surface area contributed by atoms with Crippen LogP contribution in [0.5, 0.6) is 5.75 Å². The lowest BCUT2D eigenvalue weighted by atomic mass is 10.3. The van der Waals surface area contributed by atoms with E-state index in [-0.39, 0.29) is 5.78 Å². The maximum atomic E-state index is 11.7. The van der Waals surface area contributed by atoms with Gasteiger partial charge in [0.05, 0.1) is 17.7 Å². The molecule has 1 heterocycles. The molecule has 5 heteroatoms. The molecule has 0 amide bonds. The van der Waals surface area contributed by atoms with Crippen molar-refractivity contribution in [2.45, 2.75) is 0 Å². The van der Waals surface area contributed by atoms with Crippen molar-refractivity contribution in [2.75, 3.05) is 12.4 Å². The highest BCUT2D eigenvalue weighted by Gasteiger charge is 2.03. The molecule has 0 aliphatic carbocycles. The Morgan fingerprint density at radius 1 is 1.42 bits per heavy atom. The maximum absolute atomic E-state index is 11.7. The molecule has 98 valence electrons. The van der Waals surface area contributed by atoms with Crippen molar-refractivity contribution in [2.24, 2.45) is 0 Å². The molecule has 2 aromatic rings. The number of ether oxygens (including phenoxy) is 1. The minimum atomic E-state index is -0.0384. The molecule has 1 aromatic carbocycles. The van der Waals surface area contributed by atoms with Gasteiger partial charge in [-0.3, -0.25) is 4.79 Å². The van der Waals surface area contributed by atoms with Crippen LogP contribution < -0.4 is 10.1 Å². The zero-order valence-corrected chi connectivity index (χ0v) is 11.8. The van der Waals surface area contributed by atoms with Gasteiger partial charge in [-0.1, -0.05) is 17.7 Å². The van der Waals surface area contributed by atoms with Gasteiger partial charge in [0.2, 0.25) is 0 Å². The standard InChI is InChI=1S/C14H12ClNO2S/c1-18-13-5-4-10(15)9-11(13)16-7-6-12(17)14-3-2-8-19-14/h2-9,16H,1H3/b7-6+. The highest BCUT2D eigenvalue weighted by atomic mass is 35.5. The van der Waals surface area contributed by atoms with E-state index in [1.165, 1.54) is 17.4 Å². The zero-order valence-electron chi connectivity index (χ0n) is 10.2. The van der Waals surface area contributed by atoms with Crippen molar-refractivity contribution in [1.29, 1.82) is 0 Å². The van der Waals surface area contributed by atoms with Gasteiger partial charge in [-0.15, -0.1) is 11.3 Å². The summed E-state index contributed by atoms with van der Waals surface area (Å²) in [5.41, 5.74) is 0.713. The van der Waals surface area contributed by atoms with E-state index < -0.39 is 0 Å². The molecule has 0 aliphatic rings. The summed E-state index contributed by atoms with van der Waals surface area (Å²) in [5, 5.41) is 5.46. The first-order valence-corrected chi connectivity index (χ1v) is 6.81. The summed E-state index contributed by atoms with van der Waals surface area (Å²) in [4.78, 5) is 12.4. The third-order valence-electron chi connectivity index (χ3n) is 2.40. The summed E-state index contributed by atoms with van der Waals surface area (Å²) in [5.74, 6) is 0.626. The van der Waals surface area contributed by atoms with Crippen molar-refractivity contribution in [3.63, 3.8) is 0 Å². The lowest BCUT2D eigenvalue weighted by Gasteiger charge is -2.08. The molecule has 0 aliphatic heterocycles. The van der Waals surface area contributed by atoms with Gasteiger partial charge in [-0.05, 0) is 29.6 Å². The van der Waals surface area contributed by atoms with E-state index in [9.17, 15) is 4.79 Å². The fourth-order valence-corrected chi connectivity index (χ4v) is 2.32. The quantitative estimate of drug-likeness (QED) is 0.662. The SMILES string of the molecule is COc1ccc(Cl)cc1N/C=C/C(=O)c1cccs1. The van der Waals surface area contributed by atoms with Gasteiger partial charge in [-0.25, -0.2) is 0 Å². The molecule has 0 atom stereocenters. The molecular weight excluding hydrogens is 282 g/mol. The van der Waals surface area contributed by atoms with E-state index >= 15 is 0 Å². The van der Waals surface area contributed by atoms with Crippen LogP contribution in [0.3, 0.4) is 0 Å². The van der Waals surface area contributed by atoms with Gasteiger partial charge in [-0.2, -0.15) is 0 Å². The Morgan fingerprint density at radius 3 is 2.95 bits per heavy atom. The number of carbonyl (C=O) groups excluding carboxylic acids is 1. The van der Waals surface area contributed by atoms with E-state index in [1.807, 2.05) is 11.4 Å². The molecule has 0 spiro atoms. The lowest BCUT2D eigenvalue weighted by molar-refractivity contribution is 0.105. The summed E-state index contributed by atoms with van der Waals surface area (Å²) >= 11 is 7.32. The number of anilines is 1. The van der Waals surface area contributed by atoms with Crippen molar-refractivity contribution in [3.05, 3.63) is 57.9 Å². The molecule has 0 bridgehead atoms. The predicted molar refractivity (Wildman–Crippen MR) is 79.4 cm³/mol. The average Bonchev–Trinajstić information content (AvgIpc) is 2.93. The molecule has 2 rings (SSSR count). The number of ketones is 1. The monoisotopic (exact) mass is 293 g/mol. The van der Waals surface area contributed by atoms with Crippen molar-refractivity contribution >= 4 is 34.4 Å². The van der Waals surface area contributed by atoms with Crippen LogP contribution in [0.1, 0.15) is 9.67 Å². The molecule has 19 heavy (non-hydrogen) atoms. The average molecular weight is 294 g/mol. The number of benzene rings is 1. The molecule has 0 fully saturated rings. The Balaban J connectivity index is 2.06. The van der Waals surface area contributed by atoms with Crippen molar-refractivity contribution in [1.82, 2.24) is 0 Å². The first kappa shape index (κ1) is 13.6. The van der Waals surface area contributed by atoms with E-state index in [0.717, 1.165) is 0 Å². The Morgan fingerprint density at radius 2 is 2.26 bits per heavy atom. The second-order valence-corrected chi connectivity index (χ2v) is 5.05. The van der Waals surface area contributed by atoms with E-state index in [1.54, 1.807) is 37.6 Å². The summed E-state index contributed by atoms with van der Waals surface area (Å²) in [6, 6.07) is 8.88. The van der Waals surface area contributed by atoms with Gasteiger partial charge in [0.1, 0.15) is 5.75 Å². The van der Waals surface area contributed by atoms with Gasteiger partial charge in [0.25, 0.3) is 0 Å². The Bertz CT molecular complexity index is 593. The molecule has 0 unspecified atom stereocenters. The van der Waals surface area contributed by atoms with E-state index in [4.69, 9.17) is 16.3 Å². The maximum Gasteiger partial charge on any atom is 0.197 e. The molecule has 3 nitrogen and oxygen atoms in total. The van der Waals surface area contributed by atoms with Gasteiger partial charge >= 0.3 is 0 Å². The first-order chi connectivity index (χ1) is 9.20. The Labute approximate surface area is 120 Å². The zero-order chi connectivity index (χ0) is 13.7. The Hall–Kier alpha value is -1.78. The van der Waals surface area contributed by atoms with Gasteiger partial charge < -0.3 is 10.1 Å². The van der Waals surface area contributed by atoms with E-state index in [2.05, 4.69) is 5.32 Å². The third-order valence-corrected chi connectivity index (χ3v) is 3.52. The van der Waals surface area contributed by atoms with Crippen LogP contribution in [0.25, 0.3) is 0 Å². The smallest absolute Gasteiger partial charge is 0.197 e. The molecule has 0 radical (unpaired) electrons. The van der Waals surface area contributed by atoms with Crippen LogP contribution in [-0.4, -0.2) is 12.9 Å². The number of allylic oxidation sites excluding steroid dienone is 1. The number of rotatable bonds is 5. The summed E-state index contributed by atoms with van der Waals surface area (Å²) in [6.07, 6.45) is 3.06. The molecule has 1 N–H and O–H groups in total. The molecule has 0 saturated carbocycles. The number of carbonyl (C=O) groups is 1. The van der Waals surface area contributed by atoms with Crippen molar-refractivity contribution in [3.8, 4) is 5.75 Å². The van der Waals surface area contributed by atoms with Crippen molar-refractivity contribution < 1.29 is 9.53 Å². The second kappa shape index (κ2) is 6.41. The van der Waals surface area contributed by atoms with Gasteiger partial charge in [0, 0.05) is 17.3 Å². The van der Waals surface area contributed by atoms with Crippen LogP contribution in [0.4, 0.5) is 5.69 Å². The second-order valence-electron chi connectivity index (χ2n) is 3.66. The summed E-state index contributed by atoms with van der Waals surface area (Å²) < 4.78 is 5.19. The highest BCUT2D eigenvalue weighted by Crippen LogP contribution is 2.27. The number of hydrogen-bond donors (Lipinski definition) is 1. The third kappa shape index (κ3) is 3.59. The highest BCUT2D eigenvalue weighted by molar-refractivity contribution is 7.12. The minimum Gasteiger partial charge on any atom is -0.495 e. The van der Waals surface area contributed by atoms with Crippen LogP contribution in [0.15, 0.2) is 48.0 Å².